The van der Waals surface area contributed by atoms with Gasteiger partial charge in [-0.15, -0.1) is 0 Å². The van der Waals surface area contributed by atoms with Crippen molar-refractivity contribution in [2.45, 2.75) is 19.3 Å². The molecule has 9 rings (SSSR count). The van der Waals surface area contributed by atoms with Crippen LogP contribution in [0.15, 0.2) is 156 Å². The molecule has 0 bridgehead atoms. The molecule has 8 aromatic rings. The number of rotatable bonds is 4. The molecule has 1 aliphatic rings. The minimum absolute atomic E-state index is 0.0865. The third-order valence-electron chi connectivity index (χ3n) is 9.64. The smallest absolute Gasteiger partial charge is 0.136 e. The average Bonchev–Trinajstić information content (AvgIpc) is 3.58. The molecule has 0 saturated heterocycles. The summed E-state index contributed by atoms with van der Waals surface area (Å²) in [7, 11) is 0. The number of anilines is 3. The predicted octanol–water partition coefficient (Wildman–Crippen LogP) is 12.2. The molecule has 0 saturated carbocycles. The quantitative estimate of drug-likeness (QED) is 0.207. The molecule has 1 aromatic heterocycles. The Kier molecular flexibility index (Phi) is 5.58. The highest BCUT2D eigenvalue weighted by molar-refractivity contribution is 6.19. The average molecular weight is 578 g/mol. The number of nitrogens with zero attached hydrogens (tertiary/aromatic N) is 1. The first kappa shape index (κ1) is 25.9. The maximum atomic E-state index is 6.21. The lowest BCUT2D eigenvalue weighted by Crippen LogP contribution is -2.16. The van der Waals surface area contributed by atoms with E-state index in [0.29, 0.717) is 0 Å². The summed E-state index contributed by atoms with van der Waals surface area (Å²) in [6.07, 6.45) is 0. The second-order valence-corrected chi connectivity index (χ2v) is 12.6. The van der Waals surface area contributed by atoms with Crippen molar-refractivity contribution in [3.05, 3.63) is 163 Å². The van der Waals surface area contributed by atoms with E-state index in [0.717, 1.165) is 33.6 Å². The van der Waals surface area contributed by atoms with Gasteiger partial charge in [-0.25, -0.2) is 0 Å². The van der Waals surface area contributed by atoms with Gasteiger partial charge >= 0.3 is 0 Å². The minimum Gasteiger partial charge on any atom is -0.456 e. The Morgan fingerprint density at radius 1 is 0.467 bits per heavy atom. The zero-order chi connectivity index (χ0) is 30.1. The van der Waals surface area contributed by atoms with Crippen molar-refractivity contribution in [3.8, 4) is 22.3 Å². The predicted molar refractivity (Wildman–Crippen MR) is 189 cm³/mol. The van der Waals surface area contributed by atoms with E-state index in [4.69, 9.17) is 4.42 Å². The number of hydrogen-bond acceptors (Lipinski definition) is 2. The van der Waals surface area contributed by atoms with Gasteiger partial charge < -0.3 is 9.32 Å². The summed E-state index contributed by atoms with van der Waals surface area (Å²) in [5.74, 6) is 0. The number of benzene rings is 7. The van der Waals surface area contributed by atoms with Crippen LogP contribution in [0.1, 0.15) is 25.0 Å². The summed E-state index contributed by atoms with van der Waals surface area (Å²) in [6.45, 7) is 4.69. The van der Waals surface area contributed by atoms with E-state index in [1.807, 2.05) is 12.1 Å². The van der Waals surface area contributed by atoms with Crippen LogP contribution >= 0.6 is 0 Å². The van der Waals surface area contributed by atoms with Crippen LogP contribution in [-0.4, -0.2) is 0 Å². The fourth-order valence-corrected chi connectivity index (χ4v) is 7.41. The van der Waals surface area contributed by atoms with Gasteiger partial charge in [0.15, 0.2) is 0 Å². The maximum Gasteiger partial charge on any atom is 0.136 e. The summed E-state index contributed by atoms with van der Waals surface area (Å²) in [4.78, 5) is 2.41. The minimum atomic E-state index is -0.0865. The highest BCUT2D eigenvalue weighted by Gasteiger charge is 2.35. The third kappa shape index (κ3) is 3.96. The standard InChI is InChI=1S/C43H31NO/c1-43(2)38-17-8-6-15-35(38)36-23-21-33(27-39(36)43)44(31-14-10-13-29(25-31)28-11-4-3-5-12-28)32-20-22-34-30(26-32)19-24-41-42(34)37-16-7-9-18-40(37)45-41/h3-27H,1-2H3. The molecule has 0 unspecified atom stereocenters. The zero-order valence-corrected chi connectivity index (χ0v) is 25.3. The molecule has 2 heteroatoms. The first-order chi connectivity index (χ1) is 22.1. The van der Waals surface area contributed by atoms with E-state index in [-0.39, 0.29) is 5.41 Å². The summed E-state index contributed by atoms with van der Waals surface area (Å²) in [5.41, 5.74) is 13.0. The van der Waals surface area contributed by atoms with E-state index < -0.39 is 0 Å². The van der Waals surface area contributed by atoms with Gasteiger partial charge in [-0.3, -0.25) is 0 Å². The normalized spacial score (nSPS) is 13.3. The van der Waals surface area contributed by atoms with Crippen molar-refractivity contribution in [2.24, 2.45) is 0 Å². The van der Waals surface area contributed by atoms with Crippen LogP contribution in [0.25, 0.3) is 55.0 Å². The van der Waals surface area contributed by atoms with E-state index in [1.165, 1.54) is 49.5 Å². The molecule has 214 valence electrons. The molecule has 7 aromatic carbocycles. The first-order valence-corrected chi connectivity index (χ1v) is 15.6. The number of furan rings is 1. The molecule has 0 fully saturated rings. The van der Waals surface area contributed by atoms with Crippen molar-refractivity contribution in [2.75, 3.05) is 4.90 Å². The lowest BCUT2D eigenvalue weighted by atomic mass is 9.82. The van der Waals surface area contributed by atoms with Crippen molar-refractivity contribution < 1.29 is 4.42 Å². The van der Waals surface area contributed by atoms with E-state index in [2.05, 4.69) is 158 Å². The molecule has 0 atom stereocenters. The van der Waals surface area contributed by atoms with Crippen LogP contribution in [0.3, 0.4) is 0 Å². The molecule has 0 aliphatic heterocycles. The molecular weight excluding hydrogens is 546 g/mol. The summed E-state index contributed by atoms with van der Waals surface area (Å²) in [5, 5.41) is 4.71. The first-order valence-electron chi connectivity index (χ1n) is 15.6. The maximum absolute atomic E-state index is 6.21. The molecule has 2 nitrogen and oxygen atoms in total. The van der Waals surface area contributed by atoms with Crippen LogP contribution in [0, 0.1) is 0 Å². The summed E-state index contributed by atoms with van der Waals surface area (Å²) < 4.78 is 6.21. The van der Waals surface area contributed by atoms with Gasteiger partial charge in [-0.1, -0.05) is 117 Å². The monoisotopic (exact) mass is 577 g/mol. The fraction of sp³-hybridized carbons (Fsp3) is 0.0698. The second kappa shape index (κ2) is 9.70. The number of hydrogen-bond donors (Lipinski definition) is 0. The molecule has 0 radical (unpaired) electrons. The second-order valence-electron chi connectivity index (χ2n) is 12.6. The van der Waals surface area contributed by atoms with Gasteiger partial charge in [-0.2, -0.15) is 0 Å². The molecular formula is C43H31NO. The molecule has 45 heavy (non-hydrogen) atoms. The molecule has 0 spiro atoms. The largest absolute Gasteiger partial charge is 0.456 e. The third-order valence-corrected chi connectivity index (χ3v) is 9.64. The number of para-hydroxylation sites is 1. The number of fused-ring (bicyclic) bond motifs is 8. The Morgan fingerprint density at radius 2 is 1.18 bits per heavy atom. The van der Waals surface area contributed by atoms with Crippen molar-refractivity contribution in [1.82, 2.24) is 0 Å². The van der Waals surface area contributed by atoms with Crippen molar-refractivity contribution >= 4 is 49.8 Å². The van der Waals surface area contributed by atoms with Crippen LogP contribution in [-0.2, 0) is 5.41 Å². The molecule has 1 aliphatic carbocycles. The molecule has 0 N–H and O–H groups in total. The summed E-state index contributed by atoms with van der Waals surface area (Å²) in [6, 6.07) is 54.8. The Balaban J connectivity index is 1.26. The Labute approximate surface area is 262 Å². The van der Waals surface area contributed by atoms with Crippen LogP contribution in [0.5, 0.6) is 0 Å². The van der Waals surface area contributed by atoms with Gasteiger partial charge in [0.25, 0.3) is 0 Å². The van der Waals surface area contributed by atoms with Crippen molar-refractivity contribution in [3.63, 3.8) is 0 Å². The van der Waals surface area contributed by atoms with Crippen LogP contribution in [0.4, 0.5) is 17.1 Å². The summed E-state index contributed by atoms with van der Waals surface area (Å²) >= 11 is 0. The topological polar surface area (TPSA) is 16.4 Å². The highest BCUT2D eigenvalue weighted by atomic mass is 16.3. The van der Waals surface area contributed by atoms with E-state index >= 15 is 0 Å². The van der Waals surface area contributed by atoms with Gasteiger partial charge in [0, 0.05) is 33.2 Å². The molecule has 1 heterocycles. The fourth-order valence-electron chi connectivity index (χ4n) is 7.41. The van der Waals surface area contributed by atoms with Gasteiger partial charge in [-0.05, 0) is 92.7 Å². The van der Waals surface area contributed by atoms with Gasteiger partial charge in [0.05, 0.1) is 0 Å². The lowest BCUT2D eigenvalue weighted by molar-refractivity contribution is 0.660. The lowest BCUT2D eigenvalue weighted by Gasteiger charge is -2.28. The Hall–Kier alpha value is -5.60. The van der Waals surface area contributed by atoms with E-state index in [9.17, 15) is 0 Å². The van der Waals surface area contributed by atoms with Crippen LogP contribution in [0.2, 0.25) is 0 Å². The van der Waals surface area contributed by atoms with Crippen LogP contribution < -0.4 is 4.90 Å². The Bertz CT molecular complexity index is 2410. The van der Waals surface area contributed by atoms with Gasteiger partial charge in [0.1, 0.15) is 11.2 Å². The zero-order valence-electron chi connectivity index (χ0n) is 25.3. The molecule has 0 amide bonds. The van der Waals surface area contributed by atoms with Crippen molar-refractivity contribution in [1.29, 1.82) is 0 Å². The SMILES string of the molecule is CC1(C)c2ccccc2-c2ccc(N(c3cccc(-c4ccccc4)c3)c3ccc4c(ccc5oc6ccccc6c54)c3)cc21. The Morgan fingerprint density at radius 3 is 2.09 bits per heavy atom. The van der Waals surface area contributed by atoms with Gasteiger partial charge in [0.2, 0.25) is 0 Å². The highest BCUT2D eigenvalue weighted by Crippen LogP contribution is 2.51. The van der Waals surface area contributed by atoms with E-state index in [1.54, 1.807) is 0 Å².